The Morgan fingerprint density at radius 2 is 1.83 bits per heavy atom. The lowest BCUT2D eigenvalue weighted by atomic mass is 9.93. The molecule has 0 aromatic heterocycles. The third-order valence-corrected chi connectivity index (χ3v) is 9.10. The fourth-order valence-electron chi connectivity index (χ4n) is 2.19. The summed E-state index contributed by atoms with van der Waals surface area (Å²) in [6.45, 7) is 14.8. The van der Waals surface area contributed by atoms with Gasteiger partial charge in [-0.3, -0.25) is 4.79 Å². The summed E-state index contributed by atoms with van der Waals surface area (Å²) < 4.78 is 11.6. The van der Waals surface area contributed by atoms with E-state index in [0.29, 0.717) is 6.42 Å². The van der Waals surface area contributed by atoms with Crippen LogP contribution in [0.2, 0.25) is 18.1 Å². The van der Waals surface area contributed by atoms with Crippen molar-refractivity contribution >= 4 is 14.3 Å². The number of hydrogen-bond acceptors (Lipinski definition) is 3. The molecule has 0 aliphatic rings. The minimum absolute atomic E-state index is 0.0644. The molecule has 0 N–H and O–H groups in total. The molecular formula is C19H30O3Si. The average molecular weight is 335 g/mol. The van der Waals surface area contributed by atoms with Crippen LogP contribution in [0.5, 0.6) is 0 Å². The first-order chi connectivity index (χ1) is 10.6. The normalized spacial score (nSPS) is 14.9. The van der Waals surface area contributed by atoms with E-state index in [0.717, 1.165) is 5.56 Å². The van der Waals surface area contributed by atoms with Crippen LogP contribution in [0.4, 0.5) is 0 Å². The maximum atomic E-state index is 12.3. The standard InChI is InChI=1S/C19H30O3Si/c1-8-12-16(18(20)21-5)17(15-13-10-9-11-14-15)22-23(6,7)19(2,3)4/h8-11,13-14,16-17H,1,12H2,2-7H3/t16-,17+/m1/s1. The van der Waals surface area contributed by atoms with Crippen LogP contribution in [-0.4, -0.2) is 21.4 Å². The van der Waals surface area contributed by atoms with E-state index in [1.54, 1.807) is 6.08 Å². The molecule has 0 saturated heterocycles. The van der Waals surface area contributed by atoms with E-state index in [-0.39, 0.29) is 23.0 Å². The Labute approximate surface area is 141 Å². The van der Waals surface area contributed by atoms with Crippen molar-refractivity contribution in [1.82, 2.24) is 0 Å². The molecule has 128 valence electrons. The van der Waals surface area contributed by atoms with Gasteiger partial charge in [0.25, 0.3) is 0 Å². The third-order valence-electron chi connectivity index (χ3n) is 4.65. The fraction of sp³-hybridized carbons (Fsp3) is 0.526. The van der Waals surface area contributed by atoms with Crippen molar-refractivity contribution in [2.24, 2.45) is 5.92 Å². The summed E-state index contributed by atoms with van der Waals surface area (Å²) in [5.74, 6) is -0.633. The molecule has 0 aliphatic carbocycles. The van der Waals surface area contributed by atoms with Crippen LogP contribution in [0.15, 0.2) is 43.0 Å². The lowest BCUT2D eigenvalue weighted by Crippen LogP contribution is -2.44. The summed E-state index contributed by atoms with van der Waals surface area (Å²) in [5, 5.41) is 0.0644. The number of rotatable bonds is 7. The lowest BCUT2D eigenvalue weighted by molar-refractivity contribution is -0.149. The van der Waals surface area contributed by atoms with Gasteiger partial charge in [-0.25, -0.2) is 0 Å². The maximum absolute atomic E-state index is 12.3. The highest BCUT2D eigenvalue weighted by Gasteiger charge is 2.42. The monoisotopic (exact) mass is 334 g/mol. The molecular weight excluding hydrogens is 304 g/mol. The molecule has 0 heterocycles. The Morgan fingerprint density at radius 1 is 1.26 bits per heavy atom. The summed E-state index contributed by atoms with van der Waals surface area (Å²) >= 11 is 0. The van der Waals surface area contributed by atoms with Crippen LogP contribution in [-0.2, 0) is 14.0 Å². The van der Waals surface area contributed by atoms with Gasteiger partial charge in [0.05, 0.1) is 19.1 Å². The van der Waals surface area contributed by atoms with E-state index in [2.05, 4.69) is 40.4 Å². The Bertz CT molecular complexity index is 517. The zero-order valence-corrected chi connectivity index (χ0v) is 16.3. The molecule has 0 aliphatic heterocycles. The number of benzene rings is 1. The number of ether oxygens (including phenoxy) is 1. The van der Waals surface area contributed by atoms with Crippen LogP contribution in [0.1, 0.15) is 38.9 Å². The molecule has 0 bridgehead atoms. The third kappa shape index (κ3) is 5.04. The van der Waals surface area contributed by atoms with E-state index in [4.69, 9.17) is 9.16 Å². The molecule has 23 heavy (non-hydrogen) atoms. The molecule has 1 aromatic carbocycles. The summed E-state index contributed by atoms with van der Waals surface area (Å²) in [7, 11) is -0.620. The molecule has 4 heteroatoms. The second-order valence-corrected chi connectivity index (χ2v) is 12.1. The molecule has 0 unspecified atom stereocenters. The molecule has 0 amide bonds. The summed E-state index contributed by atoms with van der Waals surface area (Å²) in [6, 6.07) is 9.93. The molecule has 0 radical (unpaired) electrons. The second-order valence-electron chi connectivity index (χ2n) is 7.36. The van der Waals surface area contributed by atoms with E-state index >= 15 is 0 Å². The van der Waals surface area contributed by atoms with Gasteiger partial charge in [-0.05, 0) is 30.1 Å². The van der Waals surface area contributed by atoms with Crippen molar-refractivity contribution in [2.45, 2.75) is 51.4 Å². The van der Waals surface area contributed by atoms with Crippen molar-refractivity contribution in [2.75, 3.05) is 7.11 Å². The van der Waals surface area contributed by atoms with E-state index in [1.165, 1.54) is 7.11 Å². The minimum Gasteiger partial charge on any atom is -0.469 e. The summed E-state index contributed by atoms with van der Waals surface area (Å²) in [6.07, 6.45) is 1.97. The van der Waals surface area contributed by atoms with Gasteiger partial charge < -0.3 is 9.16 Å². The van der Waals surface area contributed by atoms with Crippen molar-refractivity contribution < 1.29 is 14.0 Å². The number of esters is 1. The number of allylic oxidation sites excluding steroid dienone is 1. The molecule has 0 spiro atoms. The van der Waals surface area contributed by atoms with Crippen LogP contribution < -0.4 is 0 Å². The van der Waals surface area contributed by atoms with E-state index in [1.807, 2.05) is 30.3 Å². The average Bonchev–Trinajstić information content (AvgIpc) is 2.49. The zero-order valence-electron chi connectivity index (χ0n) is 15.3. The van der Waals surface area contributed by atoms with Gasteiger partial charge in [-0.2, -0.15) is 0 Å². The van der Waals surface area contributed by atoms with Gasteiger partial charge in [-0.15, -0.1) is 6.58 Å². The molecule has 1 aromatic rings. The molecule has 0 fully saturated rings. The first-order valence-electron chi connectivity index (χ1n) is 8.05. The number of hydrogen-bond donors (Lipinski definition) is 0. The van der Waals surface area contributed by atoms with Crippen LogP contribution in [0.3, 0.4) is 0 Å². The summed E-state index contributed by atoms with van der Waals surface area (Å²) in [5.41, 5.74) is 1.01. The van der Waals surface area contributed by atoms with Gasteiger partial charge in [0, 0.05) is 0 Å². The number of carbonyl (C=O) groups excluding carboxylic acids is 1. The van der Waals surface area contributed by atoms with Crippen LogP contribution in [0, 0.1) is 5.92 Å². The largest absolute Gasteiger partial charge is 0.469 e. The molecule has 1 rings (SSSR count). The highest BCUT2D eigenvalue weighted by molar-refractivity contribution is 6.74. The lowest BCUT2D eigenvalue weighted by Gasteiger charge is -2.41. The Balaban J connectivity index is 3.26. The Hall–Kier alpha value is -1.39. The summed E-state index contributed by atoms with van der Waals surface area (Å²) in [4.78, 5) is 12.3. The SMILES string of the molecule is C=CC[C@@H](C(=O)OC)[C@@H](O[Si](C)(C)C(C)(C)C)c1ccccc1. The Morgan fingerprint density at radius 3 is 2.26 bits per heavy atom. The first-order valence-corrected chi connectivity index (χ1v) is 11.0. The van der Waals surface area contributed by atoms with Gasteiger partial charge >= 0.3 is 5.97 Å². The van der Waals surface area contributed by atoms with Gasteiger partial charge in [-0.1, -0.05) is 57.2 Å². The predicted molar refractivity (Wildman–Crippen MR) is 97.8 cm³/mol. The number of carbonyl (C=O) groups is 1. The zero-order chi connectivity index (χ0) is 17.7. The van der Waals surface area contributed by atoms with Crippen molar-refractivity contribution in [3.05, 3.63) is 48.6 Å². The topological polar surface area (TPSA) is 35.5 Å². The van der Waals surface area contributed by atoms with E-state index < -0.39 is 8.32 Å². The fourth-order valence-corrected chi connectivity index (χ4v) is 3.48. The van der Waals surface area contributed by atoms with Crippen molar-refractivity contribution in [3.8, 4) is 0 Å². The van der Waals surface area contributed by atoms with Crippen molar-refractivity contribution in [1.29, 1.82) is 0 Å². The molecule has 3 nitrogen and oxygen atoms in total. The van der Waals surface area contributed by atoms with Crippen LogP contribution in [0.25, 0.3) is 0 Å². The van der Waals surface area contributed by atoms with E-state index in [9.17, 15) is 4.79 Å². The molecule has 0 saturated carbocycles. The van der Waals surface area contributed by atoms with Crippen LogP contribution >= 0.6 is 0 Å². The smallest absolute Gasteiger partial charge is 0.311 e. The maximum Gasteiger partial charge on any atom is 0.311 e. The first kappa shape index (κ1) is 19.7. The van der Waals surface area contributed by atoms with Gasteiger partial charge in [0.2, 0.25) is 0 Å². The second kappa shape index (κ2) is 7.93. The van der Waals surface area contributed by atoms with Gasteiger partial charge in [0.1, 0.15) is 0 Å². The highest BCUT2D eigenvalue weighted by atomic mass is 28.4. The Kier molecular flexibility index (Phi) is 6.78. The van der Waals surface area contributed by atoms with Crippen molar-refractivity contribution in [3.63, 3.8) is 0 Å². The van der Waals surface area contributed by atoms with Gasteiger partial charge in [0.15, 0.2) is 8.32 Å². The highest BCUT2D eigenvalue weighted by Crippen LogP contribution is 2.42. The predicted octanol–water partition coefficient (Wildman–Crippen LogP) is 5.11. The quantitative estimate of drug-likeness (QED) is 0.395. The number of methoxy groups -OCH3 is 1. The molecule has 2 atom stereocenters. The minimum atomic E-state index is -2.04.